The lowest BCUT2D eigenvalue weighted by molar-refractivity contribution is -0.116. The number of nitrogens with zero attached hydrogens (tertiary/aromatic N) is 1. The zero-order valence-corrected chi connectivity index (χ0v) is 14.5. The fourth-order valence-corrected chi connectivity index (χ4v) is 3.40. The van der Waals surface area contributed by atoms with Gasteiger partial charge in [-0.25, -0.2) is 4.39 Å². The molecule has 1 unspecified atom stereocenters. The van der Waals surface area contributed by atoms with E-state index in [0.717, 1.165) is 36.2 Å². The molecule has 1 amide bonds. The molecule has 0 saturated carbocycles. The van der Waals surface area contributed by atoms with Crippen molar-refractivity contribution in [1.82, 2.24) is 10.2 Å². The number of rotatable bonds is 5. The molecule has 1 saturated heterocycles. The van der Waals surface area contributed by atoms with Crippen molar-refractivity contribution in [2.24, 2.45) is 0 Å². The monoisotopic (exact) mass is 338 g/mol. The Labute approximate surface area is 148 Å². The summed E-state index contributed by atoms with van der Waals surface area (Å²) >= 11 is 0. The first-order valence-corrected chi connectivity index (χ1v) is 8.54. The van der Waals surface area contributed by atoms with E-state index >= 15 is 0 Å². The minimum absolute atomic E-state index is 0.169. The Morgan fingerprint density at radius 2 is 2.00 bits per heavy atom. The molecule has 1 atom stereocenters. The fraction of sp³-hybridized carbons (Fsp3) is 0.286. The van der Waals surface area contributed by atoms with Crippen LogP contribution in [0.15, 0.2) is 55.1 Å². The molecule has 1 fully saturated rings. The third kappa shape index (κ3) is 4.15. The van der Waals surface area contributed by atoms with E-state index in [1.165, 1.54) is 23.8 Å². The molecular weight excluding hydrogens is 315 g/mol. The van der Waals surface area contributed by atoms with Crippen LogP contribution in [0.2, 0.25) is 0 Å². The summed E-state index contributed by atoms with van der Waals surface area (Å²) in [6, 6.07) is 12.9. The quantitative estimate of drug-likeness (QED) is 0.843. The van der Waals surface area contributed by atoms with E-state index in [1.54, 1.807) is 12.1 Å². The van der Waals surface area contributed by atoms with Gasteiger partial charge in [0.15, 0.2) is 0 Å². The molecule has 25 heavy (non-hydrogen) atoms. The minimum Gasteiger partial charge on any atom is -0.348 e. The van der Waals surface area contributed by atoms with Gasteiger partial charge in [-0.1, -0.05) is 36.9 Å². The Balaban J connectivity index is 1.93. The van der Waals surface area contributed by atoms with Gasteiger partial charge in [-0.2, -0.15) is 0 Å². The normalized spacial score (nSPS) is 17.4. The number of hydrogen-bond acceptors (Lipinski definition) is 2. The van der Waals surface area contributed by atoms with Crippen LogP contribution < -0.4 is 5.32 Å². The SMILES string of the molecule is C=CC(=O)NCc1ccc(-c2ccc(F)cc2)cc1C1CCN(C)C1. The number of likely N-dealkylation sites (N-methyl/N-ethyl adjacent to an activating group) is 1. The number of hydrogen-bond donors (Lipinski definition) is 1. The van der Waals surface area contributed by atoms with Crippen LogP contribution in [0, 0.1) is 5.82 Å². The highest BCUT2D eigenvalue weighted by Gasteiger charge is 2.23. The van der Waals surface area contributed by atoms with Gasteiger partial charge >= 0.3 is 0 Å². The summed E-state index contributed by atoms with van der Waals surface area (Å²) < 4.78 is 13.2. The summed E-state index contributed by atoms with van der Waals surface area (Å²) in [5.41, 5.74) is 4.45. The lowest BCUT2D eigenvalue weighted by Crippen LogP contribution is -2.21. The molecule has 3 nitrogen and oxygen atoms in total. The Bertz CT molecular complexity index is 770. The van der Waals surface area contributed by atoms with Gasteiger partial charge in [-0.15, -0.1) is 0 Å². The summed E-state index contributed by atoms with van der Waals surface area (Å²) in [5, 5.41) is 2.87. The summed E-state index contributed by atoms with van der Waals surface area (Å²) in [6.07, 6.45) is 2.39. The Morgan fingerprint density at radius 1 is 1.28 bits per heavy atom. The van der Waals surface area contributed by atoms with Crippen LogP contribution in [0.25, 0.3) is 11.1 Å². The predicted molar refractivity (Wildman–Crippen MR) is 98.7 cm³/mol. The van der Waals surface area contributed by atoms with Crippen LogP contribution in [0.1, 0.15) is 23.5 Å². The molecule has 1 aliphatic rings. The molecule has 0 spiro atoms. The van der Waals surface area contributed by atoms with Gasteiger partial charge in [0.05, 0.1) is 0 Å². The molecule has 1 N–H and O–H groups in total. The van der Waals surface area contributed by atoms with E-state index < -0.39 is 0 Å². The molecule has 4 heteroatoms. The molecule has 0 aromatic heterocycles. The highest BCUT2D eigenvalue weighted by atomic mass is 19.1. The van der Waals surface area contributed by atoms with E-state index in [9.17, 15) is 9.18 Å². The molecule has 2 aromatic carbocycles. The highest BCUT2D eigenvalue weighted by Crippen LogP contribution is 2.32. The number of nitrogens with one attached hydrogen (secondary N) is 1. The number of carbonyl (C=O) groups is 1. The molecule has 0 aliphatic carbocycles. The van der Waals surface area contributed by atoms with Crippen LogP contribution in [-0.4, -0.2) is 30.9 Å². The van der Waals surface area contributed by atoms with Gasteiger partial charge in [0.2, 0.25) is 5.91 Å². The topological polar surface area (TPSA) is 32.3 Å². The molecule has 0 radical (unpaired) electrons. The lowest BCUT2D eigenvalue weighted by atomic mass is 9.90. The average Bonchev–Trinajstić information content (AvgIpc) is 3.06. The van der Waals surface area contributed by atoms with Crippen LogP contribution >= 0.6 is 0 Å². The minimum atomic E-state index is -0.231. The van der Waals surface area contributed by atoms with E-state index in [-0.39, 0.29) is 11.7 Å². The number of amides is 1. The predicted octanol–water partition coefficient (Wildman–Crippen LogP) is 3.71. The first kappa shape index (κ1) is 17.4. The highest BCUT2D eigenvalue weighted by molar-refractivity contribution is 5.86. The Morgan fingerprint density at radius 3 is 2.64 bits per heavy atom. The van der Waals surface area contributed by atoms with Crippen molar-refractivity contribution in [2.75, 3.05) is 20.1 Å². The molecule has 130 valence electrons. The standard InChI is InChI=1S/C21H23FN2O/c1-3-21(25)23-13-17-5-4-16(15-6-8-19(22)9-7-15)12-20(17)18-10-11-24(2)14-18/h3-9,12,18H,1,10-11,13-14H2,2H3,(H,23,25). The summed E-state index contributed by atoms with van der Waals surface area (Å²) in [7, 11) is 2.13. The van der Waals surface area contributed by atoms with Crippen molar-refractivity contribution in [2.45, 2.75) is 18.9 Å². The number of likely N-dealkylation sites (tertiary alicyclic amines) is 1. The van der Waals surface area contributed by atoms with Crippen LogP contribution in [0.5, 0.6) is 0 Å². The van der Waals surface area contributed by atoms with Gasteiger partial charge in [-0.05, 0) is 66.4 Å². The van der Waals surface area contributed by atoms with Crippen molar-refractivity contribution in [3.05, 3.63) is 72.1 Å². The average molecular weight is 338 g/mol. The van der Waals surface area contributed by atoms with Gasteiger partial charge in [0.25, 0.3) is 0 Å². The van der Waals surface area contributed by atoms with Gasteiger partial charge in [-0.3, -0.25) is 4.79 Å². The maximum Gasteiger partial charge on any atom is 0.243 e. The lowest BCUT2D eigenvalue weighted by Gasteiger charge is -2.18. The molecule has 1 heterocycles. The van der Waals surface area contributed by atoms with E-state index in [2.05, 4.69) is 36.0 Å². The van der Waals surface area contributed by atoms with Crippen LogP contribution in [0.3, 0.4) is 0 Å². The first-order valence-electron chi connectivity index (χ1n) is 8.54. The van der Waals surface area contributed by atoms with Gasteiger partial charge in [0.1, 0.15) is 5.82 Å². The van der Waals surface area contributed by atoms with E-state index in [1.807, 2.05) is 6.07 Å². The second kappa shape index (κ2) is 7.62. The summed E-state index contributed by atoms with van der Waals surface area (Å²) in [4.78, 5) is 13.8. The second-order valence-electron chi connectivity index (χ2n) is 6.59. The maximum absolute atomic E-state index is 13.2. The zero-order chi connectivity index (χ0) is 17.8. The fourth-order valence-electron chi connectivity index (χ4n) is 3.40. The van der Waals surface area contributed by atoms with Gasteiger partial charge in [0, 0.05) is 13.1 Å². The molecule has 3 rings (SSSR count). The van der Waals surface area contributed by atoms with Gasteiger partial charge < -0.3 is 10.2 Å². The Kier molecular flexibility index (Phi) is 5.29. The third-order valence-electron chi connectivity index (χ3n) is 4.79. The zero-order valence-electron chi connectivity index (χ0n) is 14.5. The van der Waals surface area contributed by atoms with Crippen molar-refractivity contribution >= 4 is 5.91 Å². The Hall–Kier alpha value is -2.46. The second-order valence-corrected chi connectivity index (χ2v) is 6.59. The van der Waals surface area contributed by atoms with Crippen LogP contribution in [0.4, 0.5) is 4.39 Å². The number of carbonyl (C=O) groups excluding carboxylic acids is 1. The molecular formula is C21H23FN2O. The van der Waals surface area contributed by atoms with Crippen molar-refractivity contribution in [1.29, 1.82) is 0 Å². The first-order chi connectivity index (χ1) is 12.1. The molecule has 2 aromatic rings. The van der Waals surface area contributed by atoms with Crippen molar-refractivity contribution < 1.29 is 9.18 Å². The van der Waals surface area contributed by atoms with Crippen LogP contribution in [-0.2, 0) is 11.3 Å². The summed E-state index contributed by atoms with van der Waals surface area (Å²) in [6.45, 7) is 6.07. The number of halogens is 1. The van der Waals surface area contributed by atoms with Crippen molar-refractivity contribution in [3.8, 4) is 11.1 Å². The largest absolute Gasteiger partial charge is 0.348 e. The number of benzene rings is 2. The van der Waals surface area contributed by atoms with Crippen molar-refractivity contribution in [3.63, 3.8) is 0 Å². The van der Waals surface area contributed by atoms with E-state index in [0.29, 0.717) is 12.5 Å². The third-order valence-corrected chi connectivity index (χ3v) is 4.79. The molecule has 1 aliphatic heterocycles. The molecule has 0 bridgehead atoms. The summed E-state index contributed by atoms with van der Waals surface area (Å²) in [5.74, 6) is 0.0447. The van der Waals surface area contributed by atoms with E-state index in [4.69, 9.17) is 0 Å². The maximum atomic E-state index is 13.2. The smallest absolute Gasteiger partial charge is 0.243 e.